The molecule has 6 heteroatoms. The zero-order valence-corrected chi connectivity index (χ0v) is 10.9. The first-order chi connectivity index (χ1) is 8.01. The highest BCUT2D eigenvalue weighted by Gasteiger charge is 2.23. The molecular weight excluding hydrogens is 242 g/mol. The Balaban J connectivity index is 2.95. The van der Waals surface area contributed by atoms with Crippen molar-refractivity contribution < 1.29 is 9.53 Å². The highest BCUT2D eigenvalue weighted by atomic mass is 35.5. The van der Waals surface area contributed by atoms with Gasteiger partial charge in [-0.25, -0.2) is 10.8 Å². The van der Waals surface area contributed by atoms with Gasteiger partial charge in [0.15, 0.2) is 0 Å². The Morgan fingerprint density at radius 3 is 2.82 bits per heavy atom. The quantitative estimate of drug-likeness (QED) is 0.476. The van der Waals surface area contributed by atoms with Gasteiger partial charge in [0.25, 0.3) is 0 Å². The van der Waals surface area contributed by atoms with E-state index in [1.165, 1.54) is 5.01 Å². The van der Waals surface area contributed by atoms with Gasteiger partial charge in [-0.2, -0.15) is 0 Å². The number of carbonyl (C=O) groups excluding carboxylic acids is 1. The minimum Gasteiger partial charge on any atom is -0.466 e. The van der Waals surface area contributed by atoms with Gasteiger partial charge >= 0.3 is 5.97 Å². The third kappa shape index (κ3) is 3.08. The molecule has 94 valence electrons. The Kier molecular flexibility index (Phi) is 4.72. The average molecular weight is 258 g/mol. The van der Waals surface area contributed by atoms with Crippen LogP contribution in [0.4, 0.5) is 0 Å². The molecule has 0 bridgehead atoms. The first-order valence-electron chi connectivity index (χ1n) is 5.32. The third-order valence-electron chi connectivity index (χ3n) is 2.31. The van der Waals surface area contributed by atoms with Crippen LogP contribution in [0.25, 0.3) is 0 Å². The molecule has 0 aliphatic carbocycles. The number of rotatable bonds is 3. The van der Waals surface area contributed by atoms with E-state index in [-0.39, 0.29) is 12.4 Å². The molecule has 0 saturated carbocycles. The van der Waals surface area contributed by atoms with Crippen molar-refractivity contribution in [2.45, 2.75) is 27.2 Å². The van der Waals surface area contributed by atoms with Crippen LogP contribution in [-0.4, -0.2) is 23.3 Å². The fraction of sp³-hybridized carbons (Fsp3) is 0.455. The molecule has 1 aliphatic rings. The van der Waals surface area contributed by atoms with E-state index in [0.717, 1.165) is 0 Å². The number of carbonyl (C=O) groups is 1. The molecule has 17 heavy (non-hydrogen) atoms. The predicted octanol–water partition coefficient (Wildman–Crippen LogP) is 1.90. The van der Waals surface area contributed by atoms with Crippen LogP contribution in [0.1, 0.15) is 27.2 Å². The van der Waals surface area contributed by atoms with Crippen molar-refractivity contribution in [2.24, 2.45) is 10.8 Å². The molecule has 1 rings (SSSR count). The van der Waals surface area contributed by atoms with Crippen LogP contribution in [0.5, 0.6) is 0 Å². The highest BCUT2D eigenvalue weighted by molar-refractivity contribution is 6.32. The lowest BCUT2D eigenvalue weighted by Crippen LogP contribution is -2.32. The molecule has 2 N–H and O–H groups in total. The van der Waals surface area contributed by atoms with Gasteiger partial charge in [0.05, 0.1) is 13.0 Å². The Labute approximate surface area is 106 Å². The number of esters is 1. The maximum atomic E-state index is 11.4. The highest BCUT2D eigenvalue weighted by Crippen LogP contribution is 2.26. The summed E-state index contributed by atoms with van der Waals surface area (Å²) in [4.78, 5) is 15.7. The summed E-state index contributed by atoms with van der Waals surface area (Å²) in [5.74, 6) is 5.97. The van der Waals surface area contributed by atoms with E-state index < -0.39 is 0 Å². The predicted molar refractivity (Wildman–Crippen MR) is 67.0 cm³/mol. The molecule has 0 radical (unpaired) electrons. The first-order valence-corrected chi connectivity index (χ1v) is 5.70. The summed E-state index contributed by atoms with van der Waals surface area (Å²) >= 11 is 6.10. The summed E-state index contributed by atoms with van der Waals surface area (Å²) in [6.07, 6.45) is 1.82. The fourth-order valence-electron chi connectivity index (χ4n) is 1.45. The number of hydrogen-bond acceptors (Lipinski definition) is 5. The lowest BCUT2D eigenvalue weighted by Gasteiger charge is -2.25. The van der Waals surface area contributed by atoms with E-state index in [0.29, 0.717) is 28.9 Å². The molecule has 0 unspecified atom stereocenters. The van der Waals surface area contributed by atoms with E-state index in [1.807, 2.05) is 6.92 Å². The van der Waals surface area contributed by atoms with E-state index in [9.17, 15) is 4.79 Å². The number of aliphatic imine (C=N–C) groups is 1. The second kappa shape index (κ2) is 5.84. The number of halogens is 1. The fourth-order valence-corrected chi connectivity index (χ4v) is 1.74. The number of ether oxygens (including phenoxy) is 1. The topological polar surface area (TPSA) is 67.9 Å². The van der Waals surface area contributed by atoms with E-state index >= 15 is 0 Å². The summed E-state index contributed by atoms with van der Waals surface area (Å²) in [6, 6.07) is 0. The van der Waals surface area contributed by atoms with Crippen molar-refractivity contribution in [3.05, 3.63) is 22.6 Å². The Morgan fingerprint density at radius 1 is 1.65 bits per heavy atom. The van der Waals surface area contributed by atoms with Crippen LogP contribution >= 0.6 is 11.6 Å². The molecule has 0 atom stereocenters. The normalized spacial score (nSPS) is 18.5. The lowest BCUT2D eigenvalue weighted by molar-refractivity contribution is -0.142. The number of allylic oxidation sites excluding steroid dienone is 1. The van der Waals surface area contributed by atoms with Gasteiger partial charge < -0.3 is 4.74 Å². The first kappa shape index (κ1) is 13.7. The van der Waals surface area contributed by atoms with Crippen LogP contribution < -0.4 is 5.84 Å². The molecule has 0 aromatic heterocycles. The maximum Gasteiger partial charge on any atom is 0.310 e. The Bertz CT molecular complexity index is 413. The van der Waals surface area contributed by atoms with Gasteiger partial charge in [-0.05, 0) is 26.8 Å². The molecule has 0 saturated heterocycles. The molecule has 0 amide bonds. The summed E-state index contributed by atoms with van der Waals surface area (Å²) in [6.45, 7) is 5.69. The second-order valence-corrected chi connectivity index (χ2v) is 3.82. The summed E-state index contributed by atoms with van der Waals surface area (Å²) in [5, 5.41) is 1.56. The summed E-state index contributed by atoms with van der Waals surface area (Å²) in [7, 11) is 0. The molecule has 1 aliphatic heterocycles. The molecule has 0 aromatic carbocycles. The SMILES string of the molecule is C/C=C1/N=C(C)C(CC(=O)OCC)=C(Cl)N1N. The monoisotopic (exact) mass is 257 g/mol. The van der Waals surface area contributed by atoms with Crippen molar-refractivity contribution in [1.29, 1.82) is 0 Å². The zero-order chi connectivity index (χ0) is 13.0. The minimum atomic E-state index is -0.340. The van der Waals surface area contributed by atoms with Gasteiger partial charge in [0.2, 0.25) is 0 Å². The number of hydrogen-bond donors (Lipinski definition) is 1. The third-order valence-corrected chi connectivity index (χ3v) is 2.72. The zero-order valence-electron chi connectivity index (χ0n) is 10.2. The maximum absolute atomic E-state index is 11.4. The molecule has 1 heterocycles. The van der Waals surface area contributed by atoms with Crippen LogP contribution in [0.3, 0.4) is 0 Å². The van der Waals surface area contributed by atoms with Crippen molar-refractivity contribution in [3.63, 3.8) is 0 Å². The number of nitrogens with zero attached hydrogens (tertiary/aromatic N) is 2. The molecule has 0 fully saturated rings. The standard InChI is InChI=1S/C11H16ClN3O2/c1-4-9-14-7(3)8(11(12)15(9)13)6-10(16)17-5-2/h4H,5-6,13H2,1-3H3/b9-4-. The second-order valence-electron chi connectivity index (χ2n) is 3.47. The van der Waals surface area contributed by atoms with E-state index in [4.69, 9.17) is 22.2 Å². The molecular formula is C11H16ClN3O2. The van der Waals surface area contributed by atoms with Gasteiger partial charge in [0.1, 0.15) is 11.0 Å². The van der Waals surface area contributed by atoms with Gasteiger partial charge in [-0.15, -0.1) is 0 Å². The summed E-state index contributed by atoms with van der Waals surface area (Å²) in [5.41, 5.74) is 1.27. The lowest BCUT2D eigenvalue weighted by atomic mass is 10.1. The average Bonchev–Trinajstić information content (AvgIpc) is 2.29. The minimum absolute atomic E-state index is 0.0761. The Morgan fingerprint density at radius 2 is 2.29 bits per heavy atom. The number of hydrazine groups is 1. The van der Waals surface area contributed by atoms with E-state index in [1.54, 1.807) is 19.9 Å². The van der Waals surface area contributed by atoms with Crippen molar-refractivity contribution in [2.75, 3.05) is 6.61 Å². The molecule has 0 aromatic rings. The Hall–Kier alpha value is -1.33. The number of nitrogens with two attached hydrogens (primary N) is 1. The summed E-state index contributed by atoms with van der Waals surface area (Å²) < 4.78 is 4.87. The van der Waals surface area contributed by atoms with Crippen molar-refractivity contribution in [1.82, 2.24) is 5.01 Å². The largest absolute Gasteiger partial charge is 0.466 e. The van der Waals surface area contributed by atoms with E-state index in [2.05, 4.69) is 4.99 Å². The van der Waals surface area contributed by atoms with Gasteiger partial charge in [0, 0.05) is 11.3 Å². The molecule has 5 nitrogen and oxygen atoms in total. The van der Waals surface area contributed by atoms with Gasteiger partial charge in [-0.3, -0.25) is 9.80 Å². The van der Waals surface area contributed by atoms with Crippen LogP contribution in [0.15, 0.2) is 27.6 Å². The van der Waals surface area contributed by atoms with Crippen LogP contribution in [0.2, 0.25) is 0 Å². The molecule has 0 spiro atoms. The van der Waals surface area contributed by atoms with Crippen molar-refractivity contribution >= 4 is 23.3 Å². The van der Waals surface area contributed by atoms with Crippen LogP contribution in [0, 0.1) is 0 Å². The smallest absolute Gasteiger partial charge is 0.310 e. The van der Waals surface area contributed by atoms with Gasteiger partial charge in [-0.1, -0.05) is 11.6 Å². The van der Waals surface area contributed by atoms with Crippen LogP contribution in [-0.2, 0) is 9.53 Å². The van der Waals surface area contributed by atoms with Crippen molar-refractivity contribution in [3.8, 4) is 0 Å².